The highest BCUT2D eigenvalue weighted by Crippen LogP contribution is 2.12. The second-order valence-corrected chi connectivity index (χ2v) is 6.80. The number of aromatic nitrogens is 1. The third-order valence-corrected chi connectivity index (χ3v) is 3.33. The van der Waals surface area contributed by atoms with Gasteiger partial charge in [0, 0.05) is 35.6 Å². The monoisotopic (exact) mass is 356 g/mol. The number of amides is 3. The number of rotatable bonds is 5. The number of carbonyl (C=O) groups is 2. The lowest BCUT2D eigenvalue weighted by atomic mass is 10.1. The van der Waals surface area contributed by atoms with Crippen LogP contribution in [0, 0.1) is 0 Å². The summed E-state index contributed by atoms with van der Waals surface area (Å²) in [5.74, 6) is 0.328. The Bertz CT molecular complexity index is 767. The Balaban J connectivity index is 1.92. The third-order valence-electron chi connectivity index (χ3n) is 3.33. The van der Waals surface area contributed by atoms with Crippen molar-refractivity contribution < 1.29 is 14.3 Å². The summed E-state index contributed by atoms with van der Waals surface area (Å²) in [5, 5.41) is 8.35. The van der Waals surface area contributed by atoms with E-state index >= 15 is 0 Å². The van der Waals surface area contributed by atoms with Crippen LogP contribution in [-0.2, 0) is 6.54 Å². The zero-order valence-corrected chi connectivity index (χ0v) is 15.4. The van der Waals surface area contributed by atoms with Gasteiger partial charge in [-0.1, -0.05) is 12.1 Å². The summed E-state index contributed by atoms with van der Waals surface area (Å²) in [6.45, 7) is 6.06. The van der Waals surface area contributed by atoms with Crippen LogP contribution in [0.1, 0.15) is 36.7 Å². The van der Waals surface area contributed by atoms with Gasteiger partial charge in [0.25, 0.3) is 5.91 Å². The molecule has 1 heterocycles. The quantitative estimate of drug-likeness (QED) is 0.768. The molecule has 0 saturated carbocycles. The molecule has 0 atom stereocenters. The van der Waals surface area contributed by atoms with E-state index in [0.29, 0.717) is 23.7 Å². The number of hydrogen-bond acceptors (Lipinski definition) is 4. The molecule has 0 spiro atoms. The van der Waals surface area contributed by atoms with Gasteiger partial charge in [-0.3, -0.25) is 4.79 Å². The molecule has 3 N–H and O–H groups in total. The number of anilines is 1. The van der Waals surface area contributed by atoms with Gasteiger partial charge in [0.1, 0.15) is 0 Å². The number of benzene rings is 1. The van der Waals surface area contributed by atoms with Crippen LogP contribution in [0.4, 0.5) is 10.5 Å². The maximum absolute atomic E-state index is 12.2. The van der Waals surface area contributed by atoms with Crippen LogP contribution in [0.5, 0.6) is 5.88 Å². The van der Waals surface area contributed by atoms with E-state index in [-0.39, 0.29) is 17.5 Å². The molecule has 3 amide bonds. The van der Waals surface area contributed by atoms with E-state index in [1.807, 2.05) is 26.8 Å². The number of carbonyl (C=O) groups excluding carboxylic acids is 2. The summed E-state index contributed by atoms with van der Waals surface area (Å²) < 4.78 is 4.99. The fraction of sp³-hybridized carbons (Fsp3) is 0.316. The lowest BCUT2D eigenvalue weighted by Gasteiger charge is -2.20. The average Bonchev–Trinajstić information content (AvgIpc) is 2.59. The Kier molecular flexibility index (Phi) is 6.16. The molecule has 7 heteroatoms. The van der Waals surface area contributed by atoms with Crippen molar-refractivity contribution in [1.29, 1.82) is 0 Å². The number of nitrogens with one attached hydrogen (secondary N) is 3. The summed E-state index contributed by atoms with van der Waals surface area (Å²) in [4.78, 5) is 28.3. The minimum Gasteiger partial charge on any atom is -0.481 e. The van der Waals surface area contributed by atoms with Crippen LogP contribution in [0.15, 0.2) is 42.6 Å². The van der Waals surface area contributed by atoms with E-state index in [1.165, 1.54) is 0 Å². The molecule has 0 aliphatic heterocycles. The molecule has 0 fully saturated rings. The predicted molar refractivity (Wildman–Crippen MR) is 100 cm³/mol. The third kappa shape index (κ3) is 6.08. The molecule has 138 valence electrons. The number of urea groups is 1. The van der Waals surface area contributed by atoms with Crippen LogP contribution >= 0.6 is 0 Å². The fourth-order valence-corrected chi connectivity index (χ4v) is 2.14. The SMILES string of the molecule is COc1ccc(CNC(=O)Nc2cccc(C(=O)NC(C)(C)C)c2)cn1. The minimum absolute atomic E-state index is 0.189. The van der Waals surface area contributed by atoms with Gasteiger partial charge in [-0.2, -0.15) is 0 Å². The standard InChI is InChI=1S/C19H24N4O3/c1-19(2,3)23-17(24)14-6-5-7-15(10-14)22-18(25)21-12-13-8-9-16(26-4)20-11-13/h5-11H,12H2,1-4H3,(H,23,24)(H2,21,22,25). The van der Waals surface area contributed by atoms with Crippen molar-refractivity contribution in [3.63, 3.8) is 0 Å². The molecule has 0 saturated heterocycles. The first-order valence-electron chi connectivity index (χ1n) is 8.23. The topological polar surface area (TPSA) is 92.4 Å². The zero-order chi connectivity index (χ0) is 19.2. The first-order valence-corrected chi connectivity index (χ1v) is 8.23. The van der Waals surface area contributed by atoms with Crippen molar-refractivity contribution in [2.75, 3.05) is 12.4 Å². The molecule has 7 nitrogen and oxygen atoms in total. The summed E-state index contributed by atoms with van der Waals surface area (Å²) in [6, 6.07) is 9.97. The molecule has 0 aliphatic carbocycles. The van der Waals surface area contributed by atoms with E-state index in [1.54, 1.807) is 43.6 Å². The Morgan fingerprint density at radius 1 is 1.15 bits per heavy atom. The Labute approximate surface area is 153 Å². The second-order valence-electron chi connectivity index (χ2n) is 6.80. The van der Waals surface area contributed by atoms with E-state index in [2.05, 4.69) is 20.9 Å². The van der Waals surface area contributed by atoms with Crippen LogP contribution < -0.4 is 20.7 Å². The van der Waals surface area contributed by atoms with Crippen molar-refractivity contribution in [3.8, 4) is 5.88 Å². The van der Waals surface area contributed by atoms with Crippen LogP contribution in [0.3, 0.4) is 0 Å². The van der Waals surface area contributed by atoms with Gasteiger partial charge in [0.2, 0.25) is 5.88 Å². The Hall–Kier alpha value is -3.09. The van der Waals surface area contributed by atoms with Gasteiger partial charge >= 0.3 is 6.03 Å². The minimum atomic E-state index is -0.366. The first kappa shape index (κ1) is 19.2. The highest BCUT2D eigenvalue weighted by Gasteiger charge is 2.15. The molecule has 2 rings (SSSR count). The highest BCUT2D eigenvalue weighted by molar-refractivity contribution is 5.97. The molecule has 2 aromatic rings. The molecule has 0 radical (unpaired) electrons. The molecule has 0 bridgehead atoms. The normalized spacial score (nSPS) is 10.8. The molecule has 1 aromatic heterocycles. The van der Waals surface area contributed by atoms with E-state index in [4.69, 9.17) is 4.74 Å². The number of nitrogens with zero attached hydrogens (tertiary/aromatic N) is 1. The van der Waals surface area contributed by atoms with Crippen LogP contribution in [-0.4, -0.2) is 29.6 Å². The highest BCUT2D eigenvalue weighted by atomic mass is 16.5. The van der Waals surface area contributed by atoms with Crippen molar-refractivity contribution in [2.45, 2.75) is 32.9 Å². The summed E-state index contributed by atoms with van der Waals surface area (Å²) >= 11 is 0. The number of pyridine rings is 1. The Morgan fingerprint density at radius 3 is 2.54 bits per heavy atom. The molecule has 1 aromatic carbocycles. The van der Waals surface area contributed by atoms with Gasteiger partial charge in [0.15, 0.2) is 0 Å². The summed E-state index contributed by atoms with van der Waals surface area (Å²) in [7, 11) is 1.55. The maximum Gasteiger partial charge on any atom is 0.319 e. The summed E-state index contributed by atoms with van der Waals surface area (Å²) in [6.07, 6.45) is 1.64. The first-order chi connectivity index (χ1) is 12.3. The van der Waals surface area contributed by atoms with E-state index < -0.39 is 0 Å². The fourth-order valence-electron chi connectivity index (χ4n) is 2.14. The molecule has 0 aliphatic rings. The number of hydrogen-bond donors (Lipinski definition) is 3. The molecule has 26 heavy (non-hydrogen) atoms. The van der Waals surface area contributed by atoms with Gasteiger partial charge in [-0.25, -0.2) is 9.78 Å². The van der Waals surface area contributed by atoms with Crippen molar-refractivity contribution in [3.05, 3.63) is 53.7 Å². The molecule has 0 unspecified atom stereocenters. The van der Waals surface area contributed by atoms with Crippen LogP contribution in [0.25, 0.3) is 0 Å². The van der Waals surface area contributed by atoms with E-state index in [0.717, 1.165) is 5.56 Å². The van der Waals surface area contributed by atoms with Crippen molar-refractivity contribution >= 4 is 17.6 Å². The molecular formula is C19H24N4O3. The van der Waals surface area contributed by atoms with Crippen molar-refractivity contribution in [2.24, 2.45) is 0 Å². The van der Waals surface area contributed by atoms with Gasteiger partial charge in [-0.15, -0.1) is 0 Å². The summed E-state index contributed by atoms with van der Waals surface area (Å²) in [5.41, 5.74) is 1.54. The van der Waals surface area contributed by atoms with Crippen molar-refractivity contribution in [1.82, 2.24) is 15.6 Å². The van der Waals surface area contributed by atoms with Gasteiger partial charge < -0.3 is 20.7 Å². The van der Waals surface area contributed by atoms with Gasteiger partial charge in [0.05, 0.1) is 7.11 Å². The van der Waals surface area contributed by atoms with Gasteiger partial charge in [-0.05, 0) is 44.5 Å². The van der Waals surface area contributed by atoms with Crippen LogP contribution in [0.2, 0.25) is 0 Å². The average molecular weight is 356 g/mol. The maximum atomic E-state index is 12.2. The lowest BCUT2D eigenvalue weighted by molar-refractivity contribution is 0.0919. The smallest absolute Gasteiger partial charge is 0.319 e. The zero-order valence-electron chi connectivity index (χ0n) is 15.4. The predicted octanol–water partition coefficient (Wildman–Crippen LogP) is 2.94. The number of methoxy groups -OCH3 is 1. The second kappa shape index (κ2) is 8.33. The molecular weight excluding hydrogens is 332 g/mol. The number of ether oxygens (including phenoxy) is 1. The lowest BCUT2D eigenvalue weighted by Crippen LogP contribution is -2.40. The Morgan fingerprint density at radius 2 is 1.92 bits per heavy atom. The van der Waals surface area contributed by atoms with E-state index in [9.17, 15) is 9.59 Å². The largest absolute Gasteiger partial charge is 0.481 e.